The molecule has 0 aliphatic carbocycles. The molecule has 1 aliphatic heterocycles. The Morgan fingerprint density at radius 3 is 2.37 bits per heavy atom. The van der Waals surface area contributed by atoms with Crippen LogP contribution in [-0.2, 0) is 11.2 Å². The van der Waals surface area contributed by atoms with Gasteiger partial charge in [-0.2, -0.15) is 0 Å². The van der Waals surface area contributed by atoms with Crippen molar-refractivity contribution in [3.8, 4) is 0 Å². The first-order valence-electron chi connectivity index (χ1n) is 9.24. The van der Waals surface area contributed by atoms with E-state index >= 15 is 0 Å². The molecule has 6 nitrogen and oxygen atoms in total. The Morgan fingerprint density at radius 2 is 1.67 bits per heavy atom. The minimum atomic E-state index is -0.106. The molecule has 142 valence electrons. The second kappa shape index (κ2) is 8.68. The average Bonchev–Trinajstić information content (AvgIpc) is 2.68. The lowest BCUT2D eigenvalue weighted by atomic mass is 10.1. The van der Waals surface area contributed by atoms with Gasteiger partial charge in [-0.05, 0) is 43.3 Å². The molecule has 0 atom stereocenters. The number of nitrogens with two attached hydrogens (primary N) is 1. The van der Waals surface area contributed by atoms with Crippen LogP contribution in [0.4, 0.5) is 11.4 Å². The molecule has 6 heteroatoms. The number of para-hydroxylation sites is 1. The molecule has 1 aliphatic rings. The van der Waals surface area contributed by atoms with Crippen molar-refractivity contribution in [1.29, 1.82) is 0 Å². The molecule has 27 heavy (non-hydrogen) atoms. The molecule has 1 heterocycles. The number of nitrogens with one attached hydrogen (secondary N) is 1. The zero-order valence-electron chi connectivity index (χ0n) is 15.6. The molecule has 3 N–H and O–H groups in total. The fourth-order valence-corrected chi connectivity index (χ4v) is 3.11. The fourth-order valence-electron chi connectivity index (χ4n) is 3.11. The molecule has 0 radical (unpaired) electrons. The van der Waals surface area contributed by atoms with Crippen LogP contribution in [-0.4, -0.2) is 54.8 Å². The Kier molecular flexibility index (Phi) is 6.08. The predicted molar refractivity (Wildman–Crippen MR) is 108 cm³/mol. The Hall–Kier alpha value is -2.86. The fraction of sp³-hybridized carbons (Fsp3) is 0.333. The average molecular weight is 366 g/mol. The smallest absolute Gasteiger partial charge is 0.256 e. The molecule has 0 bridgehead atoms. The van der Waals surface area contributed by atoms with Crippen LogP contribution in [0.25, 0.3) is 0 Å². The van der Waals surface area contributed by atoms with Crippen LogP contribution >= 0.6 is 0 Å². The zero-order valence-corrected chi connectivity index (χ0v) is 15.6. The largest absolute Gasteiger partial charge is 0.399 e. The van der Waals surface area contributed by atoms with Crippen LogP contribution in [0.2, 0.25) is 0 Å². The molecular weight excluding hydrogens is 340 g/mol. The summed E-state index contributed by atoms with van der Waals surface area (Å²) in [5.74, 6) is -0.136. The summed E-state index contributed by atoms with van der Waals surface area (Å²) in [4.78, 5) is 29.3. The maximum absolute atomic E-state index is 12.9. The number of likely N-dealkylation sites (N-methyl/N-ethyl adjacent to an activating group) is 1. The monoisotopic (exact) mass is 366 g/mol. The molecule has 0 spiro atoms. The maximum atomic E-state index is 12.9. The second-order valence-electron chi connectivity index (χ2n) is 6.93. The van der Waals surface area contributed by atoms with Gasteiger partial charge in [-0.3, -0.25) is 9.59 Å². The third kappa shape index (κ3) is 5.08. The quantitative estimate of drug-likeness (QED) is 0.796. The maximum Gasteiger partial charge on any atom is 0.256 e. The van der Waals surface area contributed by atoms with Crippen molar-refractivity contribution >= 4 is 23.2 Å². The summed E-state index contributed by atoms with van der Waals surface area (Å²) < 4.78 is 0. The van der Waals surface area contributed by atoms with E-state index in [0.29, 0.717) is 42.9 Å². The highest BCUT2D eigenvalue weighted by atomic mass is 16.2. The number of amides is 2. The molecule has 2 amide bonds. The zero-order chi connectivity index (χ0) is 19.2. The van der Waals surface area contributed by atoms with Crippen LogP contribution in [0.3, 0.4) is 0 Å². The van der Waals surface area contributed by atoms with E-state index in [1.54, 1.807) is 12.1 Å². The van der Waals surface area contributed by atoms with Gasteiger partial charge < -0.3 is 20.9 Å². The van der Waals surface area contributed by atoms with E-state index in [2.05, 4.69) is 17.3 Å². The van der Waals surface area contributed by atoms with E-state index in [4.69, 9.17) is 5.73 Å². The van der Waals surface area contributed by atoms with E-state index in [1.165, 1.54) is 0 Å². The van der Waals surface area contributed by atoms with Crippen LogP contribution in [0, 0.1) is 0 Å². The van der Waals surface area contributed by atoms with Crippen molar-refractivity contribution in [2.24, 2.45) is 0 Å². The van der Waals surface area contributed by atoms with E-state index in [0.717, 1.165) is 18.7 Å². The summed E-state index contributed by atoms with van der Waals surface area (Å²) >= 11 is 0. The predicted octanol–water partition coefficient (Wildman–Crippen LogP) is 2.23. The van der Waals surface area contributed by atoms with Crippen molar-refractivity contribution in [3.05, 3.63) is 59.7 Å². The molecule has 0 saturated carbocycles. The van der Waals surface area contributed by atoms with Gasteiger partial charge in [-0.15, -0.1) is 0 Å². The number of piperazine rings is 1. The van der Waals surface area contributed by atoms with Crippen molar-refractivity contribution in [1.82, 2.24) is 9.80 Å². The topological polar surface area (TPSA) is 78.7 Å². The molecule has 1 fully saturated rings. The lowest BCUT2D eigenvalue weighted by molar-refractivity contribution is -0.116. The molecule has 1 saturated heterocycles. The second-order valence-corrected chi connectivity index (χ2v) is 6.93. The Bertz CT molecular complexity index is 796. The normalized spacial score (nSPS) is 14.8. The number of benzene rings is 2. The van der Waals surface area contributed by atoms with Gasteiger partial charge in [0.15, 0.2) is 0 Å². The lowest BCUT2D eigenvalue weighted by Gasteiger charge is -2.32. The Labute approximate surface area is 159 Å². The summed E-state index contributed by atoms with van der Waals surface area (Å²) in [6.07, 6.45) is 0.974. The third-order valence-corrected chi connectivity index (χ3v) is 4.84. The van der Waals surface area contributed by atoms with Gasteiger partial charge >= 0.3 is 0 Å². The third-order valence-electron chi connectivity index (χ3n) is 4.84. The van der Waals surface area contributed by atoms with Gasteiger partial charge in [0.05, 0.1) is 11.3 Å². The summed E-state index contributed by atoms with van der Waals surface area (Å²) in [6.45, 7) is 3.13. The highest BCUT2D eigenvalue weighted by Crippen LogP contribution is 2.19. The number of nitrogen functional groups attached to an aromatic ring is 1. The number of aryl methyl sites for hydroxylation is 1. The van der Waals surface area contributed by atoms with Crippen molar-refractivity contribution < 1.29 is 9.59 Å². The van der Waals surface area contributed by atoms with E-state index in [-0.39, 0.29) is 11.8 Å². The molecule has 2 aromatic rings. The van der Waals surface area contributed by atoms with E-state index in [1.807, 2.05) is 41.3 Å². The van der Waals surface area contributed by atoms with Gasteiger partial charge in [0.25, 0.3) is 5.91 Å². The first-order chi connectivity index (χ1) is 13.0. The van der Waals surface area contributed by atoms with Crippen LogP contribution in [0.15, 0.2) is 48.5 Å². The van der Waals surface area contributed by atoms with Gasteiger partial charge in [0, 0.05) is 38.3 Å². The van der Waals surface area contributed by atoms with Crippen molar-refractivity contribution in [3.63, 3.8) is 0 Å². The highest BCUT2D eigenvalue weighted by Gasteiger charge is 2.22. The standard InChI is InChI=1S/C21H26N4O2/c1-24-12-14-25(15-13-24)21(27)18-4-2-3-5-19(18)23-20(26)11-8-16-6-9-17(22)10-7-16/h2-7,9-10H,8,11-15,22H2,1H3,(H,23,26). The number of rotatable bonds is 5. The molecule has 0 aromatic heterocycles. The molecule has 3 rings (SSSR count). The number of carbonyl (C=O) groups is 2. The Balaban J connectivity index is 1.62. The van der Waals surface area contributed by atoms with Gasteiger partial charge in [-0.1, -0.05) is 24.3 Å². The number of nitrogens with zero attached hydrogens (tertiary/aromatic N) is 2. The first-order valence-corrected chi connectivity index (χ1v) is 9.24. The minimum Gasteiger partial charge on any atom is -0.399 e. The summed E-state index contributed by atoms with van der Waals surface area (Å²) in [7, 11) is 2.05. The van der Waals surface area contributed by atoms with Crippen LogP contribution in [0.1, 0.15) is 22.3 Å². The number of anilines is 2. The Morgan fingerprint density at radius 1 is 1.00 bits per heavy atom. The lowest BCUT2D eigenvalue weighted by Crippen LogP contribution is -2.47. The number of hydrogen-bond donors (Lipinski definition) is 2. The molecule has 2 aromatic carbocycles. The minimum absolute atomic E-state index is 0.0301. The SMILES string of the molecule is CN1CCN(C(=O)c2ccccc2NC(=O)CCc2ccc(N)cc2)CC1. The van der Waals surface area contributed by atoms with Crippen molar-refractivity contribution in [2.45, 2.75) is 12.8 Å². The van der Waals surface area contributed by atoms with Crippen molar-refractivity contribution in [2.75, 3.05) is 44.3 Å². The van der Waals surface area contributed by atoms with E-state index in [9.17, 15) is 9.59 Å². The van der Waals surface area contributed by atoms with Crippen LogP contribution < -0.4 is 11.1 Å². The first kappa shape index (κ1) is 18.9. The molecule has 0 unspecified atom stereocenters. The summed E-state index contributed by atoms with van der Waals surface area (Å²) in [5.41, 5.74) is 8.56. The van der Waals surface area contributed by atoms with Crippen LogP contribution in [0.5, 0.6) is 0 Å². The number of hydrogen-bond acceptors (Lipinski definition) is 4. The summed E-state index contributed by atoms with van der Waals surface area (Å²) in [6, 6.07) is 14.7. The van der Waals surface area contributed by atoms with Gasteiger partial charge in [0.1, 0.15) is 0 Å². The highest BCUT2D eigenvalue weighted by molar-refractivity contribution is 6.03. The number of carbonyl (C=O) groups excluding carboxylic acids is 2. The van der Waals surface area contributed by atoms with E-state index < -0.39 is 0 Å². The van der Waals surface area contributed by atoms with Gasteiger partial charge in [-0.25, -0.2) is 0 Å². The van der Waals surface area contributed by atoms with Gasteiger partial charge in [0.2, 0.25) is 5.91 Å². The molecular formula is C21H26N4O2. The summed E-state index contributed by atoms with van der Waals surface area (Å²) in [5, 5.41) is 2.90.